The third-order valence-corrected chi connectivity index (χ3v) is 3.51. The summed E-state index contributed by atoms with van der Waals surface area (Å²) < 4.78 is 13.7. The molecule has 1 atom stereocenters. The lowest BCUT2D eigenvalue weighted by atomic mass is 10.0. The number of benzene rings is 2. The first-order valence-corrected chi connectivity index (χ1v) is 6.44. The summed E-state index contributed by atoms with van der Waals surface area (Å²) in [5, 5.41) is 7.33. The Labute approximate surface area is 110 Å². The van der Waals surface area contributed by atoms with Crippen molar-refractivity contribution in [3.8, 4) is 0 Å². The zero-order valence-corrected chi connectivity index (χ0v) is 10.4. The van der Waals surface area contributed by atoms with Gasteiger partial charge in [0.15, 0.2) is 0 Å². The summed E-state index contributed by atoms with van der Waals surface area (Å²) in [6.07, 6.45) is 0.935. The number of hydrogen-bond donors (Lipinski definition) is 2. The summed E-state index contributed by atoms with van der Waals surface area (Å²) in [6.45, 7) is 1.72. The molecule has 1 fully saturated rings. The van der Waals surface area contributed by atoms with Crippen molar-refractivity contribution >= 4 is 16.7 Å². The third kappa shape index (κ3) is 2.31. The number of nitrogens with one attached hydrogen (secondary N) is 2. The van der Waals surface area contributed by atoms with Gasteiger partial charge in [-0.15, -0.1) is 0 Å². The number of rotatable bonds is 2. The van der Waals surface area contributed by atoms with E-state index in [1.807, 2.05) is 6.07 Å². The van der Waals surface area contributed by atoms with Gasteiger partial charge in [-0.25, -0.2) is 4.39 Å². The summed E-state index contributed by atoms with van der Waals surface area (Å²) >= 11 is 0. The predicted molar refractivity (Wildman–Crippen MR) is 72.6 cm³/mol. The van der Waals surface area contributed by atoms with Crippen LogP contribution < -0.4 is 10.6 Å². The first-order chi connectivity index (χ1) is 9.25. The molecule has 1 unspecified atom stereocenters. The standard InChI is InChI=1S/C15H15FN2O/c16-14-6-5-13(11-3-1-2-4-12(11)14)15(19)18-10-7-8-17-9-10/h1-6,10,17H,7-9H2,(H,18,19). The van der Waals surface area contributed by atoms with Gasteiger partial charge in [0.1, 0.15) is 5.82 Å². The van der Waals surface area contributed by atoms with Crippen molar-refractivity contribution < 1.29 is 9.18 Å². The lowest BCUT2D eigenvalue weighted by Crippen LogP contribution is -2.36. The van der Waals surface area contributed by atoms with Crippen molar-refractivity contribution in [2.24, 2.45) is 0 Å². The smallest absolute Gasteiger partial charge is 0.252 e. The first-order valence-electron chi connectivity index (χ1n) is 6.44. The molecular formula is C15H15FN2O. The van der Waals surface area contributed by atoms with Gasteiger partial charge in [0.05, 0.1) is 0 Å². The lowest BCUT2D eigenvalue weighted by Gasteiger charge is -2.13. The van der Waals surface area contributed by atoms with Crippen molar-refractivity contribution in [1.82, 2.24) is 10.6 Å². The molecule has 1 aliphatic rings. The van der Waals surface area contributed by atoms with E-state index >= 15 is 0 Å². The summed E-state index contributed by atoms with van der Waals surface area (Å²) in [5.41, 5.74) is 0.531. The number of amides is 1. The molecule has 0 bridgehead atoms. The fourth-order valence-corrected chi connectivity index (χ4v) is 2.50. The molecule has 1 saturated heterocycles. The molecule has 98 valence electrons. The van der Waals surface area contributed by atoms with E-state index in [1.165, 1.54) is 6.07 Å². The van der Waals surface area contributed by atoms with E-state index in [0.717, 1.165) is 19.5 Å². The fraction of sp³-hybridized carbons (Fsp3) is 0.267. The van der Waals surface area contributed by atoms with Crippen LogP contribution in [0, 0.1) is 5.82 Å². The van der Waals surface area contributed by atoms with Crippen LogP contribution in [0.15, 0.2) is 36.4 Å². The minimum atomic E-state index is -0.297. The second-order valence-corrected chi connectivity index (χ2v) is 4.80. The molecule has 0 aromatic heterocycles. The second-order valence-electron chi connectivity index (χ2n) is 4.80. The van der Waals surface area contributed by atoms with Crippen molar-refractivity contribution in [2.75, 3.05) is 13.1 Å². The Morgan fingerprint density at radius 1 is 1.21 bits per heavy atom. The van der Waals surface area contributed by atoms with Crippen LogP contribution in [0.5, 0.6) is 0 Å². The highest BCUT2D eigenvalue weighted by Gasteiger charge is 2.19. The minimum Gasteiger partial charge on any atom is -0.348 e. The van der Waals surface area contributed by atoms with Crippen LogP contribution >= 0.6 is 0 Å². The molecule has 0 spiro atoms. The molecule has 2 N–H and O–H groups in total. The summed E-state index contributed by atoms with van der Waals surface area (Å²) in [7, 11) is 0. The number of carbonyl (C=O) groups is 1. The van der Waals surface area contributed by atoms with Crippen molar-refractivity contribution in [1.29, 1.82) is 0 Å². The van der Waals surface area contributed by atoms with Crippen LogP contribution in [-0.2, 0) is 0 Å². The number of carbonyl (C=O) groups excluding carboxylic acids is 1. The highest BCUT2D eigenvalue weighted by molar-refractivity contribution is 6.07. The van der Waals surface area contributed by atoms with Gasteiger partial charge in [-0.2, -0.15) is 0 Å². The van der Waals surface area contributed by atoms with Gasteiger partial charge < -0.3 is 10.6 Å². The molecule has 0 saturated carbocycles. The molecule has 1 heterocycles. The third-order valence-electron chi connectivity index (χ3n) is 3.51. The van der Waals surface area contributed by atoms with Crippen LogP contribution in [0.4, 0.5) is 4.39 Å². The minimum absolute atomic E-state index is 0.134. The van der Waals surface area contributed by atoms with Gasteiger partial charge >= 0.3 is 0 Å². The van der Waals surface area contributed by atoms with E-state index in [9.17, 15) is 9.18 Å². The Morgan fingerprint density at radius 3 is 2.74 bits per heavy atom. The topological polar surface area (TPSA) is 41.1 Å². The second kappa shape index (κ2) is 4.97. The number of fused-ring (bicyclic) bond motifs is 1. The van der Waals surface area contributed by atoms with Gasteiger partial charge in [-0.1, -0.05) is 24.3 Å². The molecular weight excluding hydrogens is 243 g/mol. The van der Waals surface area contributed by atoms with Gasteiger partial charge in [-0.05, 0) is 30.5 Å². The highest BCUT2D eigenvalue weighted by atomic mass is 19.1. The first kappa shape index (κ1) is 12.1. The molecule has 3 nitrogen and oxygen atoms in total. The SMILES string of the molecule is O=C(NC1CCNC1)c1ccc(F)c2ccccc12. The average Bonchev–Trinajstić information content (AvgIpc) is 2.92. The normalized spacial score (nSPS) is 18.7. The summed E-state index contributed by atoms with van der Waals surface area (Å²) in [4.78, 5) is 12.3. The van der Waals surface area contributed by atoms with Crippen LogP contribution in [-0.4, -0.2) is 25.0 Å². The van der Waals surface area contributed by atoms with Gasteiger partial charge in [-0.3, -0.25) is 4.79 Å². The summed E-state index contributed by atoms with van der Waals surface area (Å²) in [6, 6.07) is 10.1. The fourth-order valence-electron chi connectivity index (χ4n) is 2.50. The van der Waals surface area contributed by atoms with Gasteiger partial charge in [0.2, 0.25) is 0 Å². The Morgan fingerprint density at radius 2 is 2.00 bits per heavy atom. The highest BCUT2D eigenvalue weighted by Crippen LogP contribution is 2.22. The summed E-state index contributed by atoms with van der Waals surface area (Å²) in [5.74, 6) is -0.431. The lowest BCUT2D eigenvalue weighted by molar-refractivity contribution is 0.0941. The zero-order chi connectivity index (χ0) is 13.2. The van der Waals surface area contributed by atoms with E-state index in [4.69, 9.17) is 0 Å². The van der Waals surface area contributed by atoms with E-state index < -0.39 is 0 Å². The van der Waals surface area contributed by atoms with Crippen molar-refractivity contribution in [3.63, 3.8) is 0 Å². The van der Waals surface area contributed by atoms with Crippen molar-refractivity contribution in [3.05, 3.63) is 47.8 Å². The van der Waals surface area contributed by atoms with Gasteiger partial charge in [0.25, 0.3) is 5.91 Å². The maximum Gasteiger partial charge on any atom is 0.252 e. The van der Waals surface area contributed by atoms with Crippen LogP contribution in [0.2, 0.25) is 0 Å². The van der Waals surface area contributed by atoms with E-state index in [0.29, 0.717) is 16.3 Å². The maximum atomic E-state index is 13.7. The monoisotopic (exact) mass is 258 g/mol. The molecule has 3 rings (SSSR count). The average molecular weight is 258 g/mol. The molecule has 0 aliphatic carbocycles. The zero-order valence-electron chi connectivity index (χ0n) is 10.4. The van der Waals surface area contributed by atoms with Crippen LogP contribution in [0.25, 0.3) is 10.8 Å². The predicted octanol–water partition coefficient (Wildman–Crippen LogP) is 2.07. The van der Waals surface area contributed by atoms with Crippen LogP contribution in [0.3, 0.4) is 0 Å². The number of hydrogen-bond acceptors (Lipinski definition) is 2. The van der Waals surface area contributed by atoms with Gasteiger partial charge in [0, 0.05) is 23.5 Å². The molecule has 1 amide bonds. The Bertz CT molecular complexity index is 621. The molecule has 2 aromatic carbocycles. The van der Waals surface area contributed by atoms with E-state index in [-0.39, 0.29) is 17.8 Å². The number of halogens is 1. The molecule has 2 aromatic rings. The Kier molecular flexibility index (Phi) is 3.17. The molecule has 1 aliphatic heterocycles. The molecule has 4 heteroatoms. The van der Waals surface area contributed by atoms with Crippen LogP contribution in [0.1, 0.15) is 16.8 Å². The molecule has 19 heavy (non-hydrogen) atoms. The molecule has 0 radical (unpaired) electrons. The Balaban J connectivity index is 1.95. The maximum absolute atomic E-state index is 13.7. The largest absolute Gasteiger partial charge is 0.348 e. The van der Waals surface area contributed by atoms with E-state index in [1.54, 1.807) is 24.3 Å². The quantitative estimate of drug-likeness (QED) is 0.865. The Hall–Kier alpha value is -1.94. The van der Waals surface area contributed by atoms with Crippen molar-refractivity contribution in [2.45, 2.75) is 12.5 Å². The van der Waals surface area contributed by atoms with E-state index in [2.05, 4.69) is 10.6 Å².